The van der Waals surface area contributed by atoms with Gasteiger partial charge >= 0.3 is 18.2 Å². The number of benzene rings is 1. The average molecular weight is 290 g/mol. The summed E-state index contributed by atoms with van der Waals surface area (Å²) in [6, 6.07) is 4.33. The lowest BCUT2D eigenvalue weighted by Gasteiger charge is -2.02. The maximum Gasteiger partial charge on any atom is 0.437 e. The second kappa shape index (κ2) is 4.83. The molecule has 2 N–H and O–H groups in total. The second-order valence-corrected chi connectivity index (χ2v) is 3.60. The maximum absolute atomic E-state index is 13.3. The van der Waals surface area contributed by atoms with Crippen LogP contribution in [0.15, 0.2) is 28.7 Å². The van der Waals surface area contributed by atoms with Crippen LogP contribution in [0.4, 0.5) is 29.3 Å². The Bertz CT molecular complexity index is 651. The zero-order valence-electron chi connectivity index (χ0n) is 9.53. The first-order valence-corrected chi connectivity index (χ1v) is 5.12. The van der Waals surface area contributed by atoms with Crippen molar-refractivity contribution in [2.24, 2.45) is 0 Å². The molecular weight excluding hydrogens is 284 g/mol. The van der Waals surface area contributed by atoms with Gasteiger partial charge < -0.3 is 14.8 Å². The number of rotatable bonds is 3. The SMILES string of the molecule is O=C(O)c1oc(Nc2ccccc2F)nc1C(F)(F)F. The Morgan fingerprint density at radius 3 is 2.45 bits per heavy atom. The van der Waals surface area contributed by atoms with Gasteiger partial charge in [0.1, 0.15) is 5.82 Å². The molecule has 0 unspecified atom stereocenters. The highest BCUT2D eigenvalue weighted by Crippen LogP contribution is 2.33. The van der Waals surface area contributed by atoms with Crippen molar-refractivity contribution in [1.82, 2.24) is 4.98 Å². The van der Waals surface area contributed by atoms with Crippen LogP contribution in [-0.2, 0) is 6.18 Å². The fourth-order valence-electron chi connectivity index (χ4n) is 1.39. The number of aromatic carboxylic acids is 1. The number of nitrogens with one attached hydrogen (secondary N) is 1. The molecule has 2 rings (SSSR count). The summed E-state index contributed by atoms with van der Waals surface area (Å²) in [5.41, 5.74) is -1.89. The van der Waals surface area contributed by atoms with Gasteiger partial charge in [-0.2, -0.15) is 18.2 Å². The van der Waals surface area contributed by atoms with Crippen LogP contribution >= 0.6 is 0 Å². The molecule has 0 bridgehead atoms. The van der Waals surface area contributed by atoms with Gasteiger partial charge in [0.05, 0.1) is 5.69 Å². The highest BCUT2D eigenvalue weighted by atomic mass is 19.4. The first kappa shape index (κ1) is 13.8. The Labute approximate surface area is 108 Å². The van der Waals surface area contributed by atoms with Crippen LogP contribution in [0.2, 0.25) is 0 Å². The van der Waals surface area contributed by atoms with E-state index in [1.54, 1.807) is 0 Å². The number of hydrogen-bond acceptors (Lipinski definition) is 4. The molecule has 0 aliphatic heterocycles. The molecule has 0 saturated heterocycles. The van der Waals surface area contributed by atoms with Gasteiger partial charge in [0, 0.05) is 0 Å². The van der Waals surface area contributed by atoms with Crippen LogP contribution in [0.3, 0.4) is 0 Å². The predicted octanol–water partition coefficient (Wildman–Crippen LogP) is 3.27. The first-order valence-electron chi connectivity index (χ1n) is 5.12. The third-order valence-corrected chi connectivity index (χ3v) is 2.21. The fraction of sp³-hybridized carbons (Fsp3) is 0.0909. The van der Waals surface area contributed by atoms with Crippen molar-refractivity contribution in [2.45, 2.75) is 6.18 Å². The Morgan fingerprint density at radius 2 is 1.95 bits per heavy atom. The van der Waals surface area contributed by atoms with E-state index in [9.17, 15) is 22.4 Å². The maximum atomic E-state index is 13.3. The summed E-state index contributed by atoms with van der Waals surface area (Å²) in [5, 5.41) is 10.8. The molecule has 106 valence electrons. The number of halogens is 4. The van der Waals surface area contributed by atoms with Gasteiger partial charge in [-0.15, -0.1) is 0 Å². The molecule has 0 aliphatic rings. The van der Waals surface area contributed by atoms with Gasteiger partial charge in [0.15, 0.2) is 5.69 Å². The Hall–Kier alpha value is -2.58. The third-order valence-electron chi connectivity index (χ3n) is 2.21. The van der Waals surface area contributed by atoms with Crippen LogP contribution in [0.1, 0.15) is 16.2 Å². The standard InChI is InChI=1S/C11H6F4N2O3/c12-5-3-1-2-4-6(5)16-10-17-8(11(13,14)15)7(20-10)9(18)19/h1-4H,(H,16,17)(H,18,19). The van der Waals surface area contributed by atoms with Crippen LogP contribution in [0.5, 0.6) is 0 Å². The molecule has 0 amide bonds. The zero-order valence-corrected chi connectivity index (χ0v) is 9.53. The van der Waals surface area contributed by atoms with Crippen LogP contribution < -0.4 is 5.32 Å². The van der Waals surface area contributed by atoms with E-state index in [1.165, 1.54) is 18.2 Å². The van der Waals surface area contributed by atoms with Crippen molar-refractivity contribution in [3.05, 3.63) is 41.5 Å². The molecule has 0 fully saturated rings. The largest absolute Gasteiger partial charge is 0.475 e. The summed E-state index contributed by atoms with van der Waals surface area (Å²) in [7, 11) is 0. The molecule has 0 spiro atoms. The first-order chi connectivity index (χ1) is 9.29. The number of alkyl halides is 3. The van der Waals surface area contributed by atoms with Gasteiger partial charge in [0.2, 0.25) is 5.76 Å². The van der Waals surface area contributed by atoms with Crippen molar-refractivity contribution in [1.29, 1.82) is 0 Å². The number of carboxylic acid groups (broad SMARTS) is 1. The molecule has 1 aromatic heterocycles. The summed E-state index contributed by atoms with van der Waals surface area (Å²) in [6.07, 6.45) is -4.99. The van der Waals surface area contributed by atoms with Gasteiger partial charge in [0.25, 0.3) is 0 Å². The highest BCUT2D eigenvalue weighted by molar-refractivity contribution is 5.86. The lowest BCUT2D eigenvalue weighted by Crippen LogP contribution is -2.11. The predicted molar refractivity (Wildman–Crippen MR) is 58.1 cm³/mol. The number of aromatic nitrogens is 1. The summed E-state index contributed by atoms with van der Waals surface area (Å²) >= 11 is 0. The Morgan fingerprint density at radius 1 is 1.30 bits per heavy atom. The Balaban J connectivity index is 2.40. The molecule has 0 aliphatic carbocycles. The van der Waals surface area contributed by atoms with Crippen molar-refractivity contribution in [3.63, 3.8) is 0 Å². The number of oxazole rings is 1. The topological polar surface area (TPSA) is 75.4 Å². The van der Waals surface area contributed by atoms with Gasteiger partial charge in [-0.3, -0.25) is 0 Å². The van der Waals surface area contributed by atoms with E-state index in [4.69, 9.17) is 5.11 Å². The quantitative estimate of drug-likeness (QED) is 0.848. The number of hydrogen-bond donors (Lipinski definition) is 2. The molecule has 0 saturated carbocycles. The Kier molecular flexibility index (Phi) is 3.35. The van der Waals surface area contributed by atoms with E-state index >= 15 is 0 Å². The molecule has 20 heavy (non-hydrogen) atoms. The molecule has 5 nitrogen and oxygen atoms in total. The highest BCUT2D eigenvalue weighted by Gasteiger charge is 2.41. The fourth-order valence-corrected chi connectivity index (χ4v) is 1.39. The molecular formula is C11H6F4N2O3. The summed E-state index contributed by atoms with van der Waals surface area (Å²) in [5.74, 6) is -4.04. The minimum absolute atomic E-state index is 0.195. The molecule has 2 aromatic rings. The summed E-state index contributed by atoms with van der Waals surface area (Å²) in [6.45, 7) is 0. The average Bonchev–Trinajstić information content (AvgIpc) is 2.76. The van der Waals surface area contributed by atoms with E-state index in [1.807, 2.05) is 0 Å². The lowest BCUT2D eigenvalue weighted by atomic mass is 10.3. The van der Waals surface area contributed by atoms with Crippen molar-refractivity contribution in [3.8, 4) is 0 Å². The second-order valence-electron chi connectivity index (χ2n) is 3.60. The summed E-state index contributed by atoms with van der Waals surface area (Å²) in [4.78, 5) is 13.7. The van der Waals surface area contributed by atoms with Crippen molar-refractivity contribution < 1.29 is 31.9 Å². The van der Waals surface area contributed by atoms with E-state index < -0.39 is 35.4 Å². The lowest BCUT2D eigenvalue weighted by molar-refractivity contribution is -0.141. The van der Waals surface area contributed by atoms with Crippen LogP contribution in [0, 0.1) is 5.82 Å². The zero-order chi connectivity index (χ0) is 14.9. The molecule has 9 heteroatoms. The smallest absolute Gasteiger partial charge is 0.437 e. The number of carboxylic acids is 1. The molecule has 1 aromatic carbocycles. The molecule has 0 radical (unpaired) electrons. The number of anilines is 2. The van der Waals surface area contributed by atoms with Crippen molar-refractivity contribution >= 4 is 17.7 Å². The monoisotopic (exact) mass is 290 g/mol. The van der Waals surface area contributed by atoms with Crippen molar-refractivity contribution in [2.75, 3.05) is 5.32 Å². The molecule has 1 heterocycles. The minimum atomic E-state index is -4.99. The van der Waals surface area contributed by atoms with Crippen LogP contribution in [-0.4, -0.2) is 16.1 Å². The number of carbonyl (C=O) groups is 1. The van der Waals surface area contributed by atoms with Crippen LogP contribution in [0.25, 0.3) is 0 Å². The minimum Gasteiger partial charge on any atom is -0.475 e. The molecule has 0 atom stereocenters. The van der Waals surface area contributed by atoms with E-state index in [0.717, 1.165) is 6.07 Å². The normalized spacial score (nSPS) is 11.4. The third kappa shape index (κ3) is 2.71. The summed E-state index contributed by atoms with van der Waals surface area (Å²) < 4.78 is 55.4. The number of nitrogens with zero attached hydrogens (tertiary/aromatic N) is 1. The number of para-hydroxylation sites is 1. The van der Waals surface area contributed by atoms with Gasteiger partial charge in [-0.25, -0.2) is 9.18 Å². The van der Waals surface area contributed by atoms with Gasteiger partial charge in [-0.1, -0.05) is 12.1 Å². The van der Waals surface area contributed by atoms with E-state index in [0.29, 0.717) is 0 Å². The van der Waals surface area contributed by atoms with Gasteiger partial charge in [-0.05, 0) is 12.1 Å². The van der Waals surface area contributed by atoms with E-state index in [2.05, 4.69) is 14.7 Å². The van der Waals surface area contributed by atoms with E-state index in [-0.39, 0.29) is 5.69 Å².